The fraction of sp³-hybridized carbons (Fsp3) is 0.0351. The summed E-state index contributed by atoms with van der Waals surface area (Å²) in [5, 5.41) is 7.53. The van der Waals surface area contributed by atoms with Crippen molar-refractivity contribution in [1.82, 2.24) is 23.9 Å². The number of nitrogens with zero attached hydrogens (tertiary/aromatic N) is 6. The number of allylic oxidation sites excluding steroid dienone is 2. The molecule has 8 aromatic carbocycles. The van der Waals surface area contributed by atoms with Crippen molar-refractivity contribution in [3.63, 3.8) is 0 Å². The summed E-state index contributed by atoms with van der Waals surface area (Å²) in [5.74, 6) is 2.02. The lowest BCUT2D eigenvalue weighted by Gasteiger charge is -2.27. The van der Waals surface area contributed by atoms with Crippen LogP contribution in [0.3, 0.4) is 0 Å². The Balaban J connectivity index is 0.998. The fourth-order valence-corrected chi connectivity index (χ4v) is 10.7. The van der Waals surface area contributed by atoms with Crippen LogP contribution in [0.5, 0.6) is 0 Å². The maximum absolute atomic E-state index is 5.32. The Morgan fingerprint density at radius 3 is 1.76 bits per heavy atom. The maximum atomic E-state index is 5.32. The van der Waals surface area contributed by atoms with Crippen molar-refractivity contribution in [2.75, 3.05) is 4.90 Å². The highest BCUT2D eigenvalue weighted by molar-refractivity contribution is 6.23. The highest BCUT2D eigenvalue weighted by Crippen LogP contribution is 2.52. The Labute approximate surface area is 362 Å². The summed E-state index contributed by atoms with van der Waals surface area (Å²) in [4.78, 5) is 18.1. The number of hydrogen-bond donors (Lipinski definition) is 0. The van der Waals surface area contributed by atoms with Gasteiger partial charge < -0.3 is 13.9 Å². The molecule has 294 valence electrons. The summed E-state index contributed by atoms with van der Waals surface area (Å²) in [5.41, 5.74) is 13.8. The van der Waals surface area contributed by atoms with Crippen molar-refractivity contribution in [3.05, 3.63) is 212 Å². The van der Waals surface area contributed by atoms with Gasteiger partial charge in [-0.1, -0.05) is 170 Å². The predicted octanol–water partition coefficient (Wildman–Crippen LogP) is 13.8. The first-order valence-electron chi connectivity index (χ1n) is 21.6. The molecule has 0 radical (unpaired) electrons. The van der Waals surface area contributed by atoms with E-state index in [1.54, 1.807) is 0 Å². The van der Waals surface area contributed by atoms with Gasteiger partial charge in [0.2, 0.25) is 5.95 Å². The van der Waals surface area contributed by atoms with E-state index in [0.29, 0.717) is 17.6 Å². The van der Waals surface area contributed by atoms with Crippen LogP contribution in [0.2, 0.25) is 0 Å². The summed E-state index contributed by atoms with van der Waals surface area (Å²) in [7, 11) is 0. The Morgan fingerprint density at radius 1 is 0.397 bits per heavy atom. The number of aromatic nitrogens is 5. The molecule has 6 heteroatoms. The quantitative estimate of drug-likeness (QED) is 0.174. The highest BCUT2D eigenvalue weighted by Gasteiger charge is 2.41. The second kappa shape index (κ2) is 13.1. The van der Waals surface area contributed by atoms with Gasteiger partial charge in [0.05, 0.1) is 39.3 Å². The third-order valence-corrected chi connectivity index (χ3v) is 13.4. The zero-order valence-corrected chi connectivity index (χ0v) is 34.0. The van der Waals surface area contributed by atoms with Gasteiger partial charge in [-0.2, -0.15) is 9.97 Å². The molecule has 63 heavy (non-hydrogen) atoms. The Morgan fingerprint density at radius 2 is 0.984 bits per heavy atom. The van der Waals surface area contributed by atoms with Gasteiger partial charge in [-0.15, -0.1) is 0 Å². The van der Waals surface area contributed by atoms with Crippen LogP contribution in [0, 0.1) is 0 Å². The first kappa shape index (κ1) is 34.4. The lowest BCUT2D eigenvalue weighted by atomic mass is 9.91. The minimum absolute atomic E-state index is 0.0313. The monoisotopic (exact) mass is 804 g/mol. The van der Waals surface area contributed by atoms with E-state index in [-0.39, 0.29) is 12.0 Å². The van der Waals surface area contributed by atoms with E-state index in [9.17, 15) is 0 Å². The zero-order chi connectivity index (χ0) is 41.2. The molecule has 0 N–H and O–H groups in total. The number of anilines is 2. The topological polar surface area (TPSA) is 51.2 Å². The third-order valence-electron chi connectivity index (χ3n) is 13.4. The van der Waals surface area contributed by atoms with E-state index >= 15 is 0 Å². The van der Waals surface area contributed by atoms with Gasteiger partial charge in [-0.3, -0.25) is 0 Å². The lowest BCUT2D eigenvalue weighted by Crippen LogP contribution is -2.30. The summed E-state index contributed by atoms with van der Waals surface area (Å²) in [6, 6.07) is 65.4. The Bertz CT molecular complexity index is 3820. The predicted molar refractivity (Wildman–Crippen MR) is 259 cm³/mol. The Hall–Kier alpha value is -8.35. The average molecular weight is 805 g/mol. The molecule has 0 spiro atoms. The molecule has 4 aromatic heterocycles. The average Bonchev–Trinajstić information content (AvgIpc) is 4.09. The molecule has 0 saturated heterocycles. The van der Waals surface area contributed by atoms with Crippen LogP contribution < -0.4 is 4.90 Å². The van der Waals surface area contributed by atoms with E-state index in [1.165, 1.54) is 60.0 Å². The van der Waals surface area contributed by atoms with Crippen molar-refractivity contribution in [1.29, 1.82) is 0 Å². The molecule has 14 rings (SSSR count). The van der Waals surface area contributed by atoms with E-state index in [4.69, 9.17) is 15.0 Å². The molecule has 1 aliphatic carbocycles. The van der Waals surface area contributed by atoms with Crippen LogP contribution >= 0.6 is 0 Å². The molecule has 0 amide bonds. The largest absolute Gasteiger partial charge is 0.308 e. The summed E-state index contributed by atoms with van der Waals surface area (Å²) in [6.45, 7) is 0. The standard InChI is InChI=1S/C57H36N6/c1-3-15-35(16-4-1)55-58-56(36-17-5-2-6-18-36)60-57(59-55)63-50-28-12-9-23-42(50)46-31-30-45-41-22-7-10-26-48(41)61(53(45)54(46)63)39-20-13-19-37(33-39)38-29-32-51-47(34-38)44-25-14-24-43-40-21-8-11-27-49(40)62(51)52(43)44/h1-34,42,50H. The van der Waals surface area contributed by atoms with Crippen molar-refractivity contribution in [2.24, 2.45) is 0 Å². The molecular weight excluding hydrogens is 769 g/mol. The van der Waals surface area contributed by atoms with E-state index in [0.717, 1.165) is 39.1 Å². The molecule has 1 aliphatic heterocycles. The minimum Gasteiger partial charge on any atom is -0.308 e. The van der Waals surface area contributed by atoms with Crippen molar-refractivity contribution >= 4 is 71.5 Å². The second-order valence-corrected chi connectivity index (χ2v) is 16.8. The zero-order valence-electron chi connectivity index (χ0n) is 34.0. The van der Waals surface area contributed by atoms with Crippen molar-refractivity contribution in [2.45, 2.75) is 12.0 Å². The molecule has 0 fully saturated rings. The molecule has 0 bridgehead atoms. The number of benzene rings is 8. The summed E-state index contributed by atoms with van der Waals surface area (Å²) >= 11 is 0. The number of hydrogen-bond acceptors (Lipinski definition) is 4. The van der Waals surface area contributed by atoms with E-state index in [2.05, 4.69) is 184 Å². The van der Waals surface area contributed by atoms with Crippen LogP contribution in [0.1, 0.15) is 11.5 Å². The molecule has 6 nitrogen and oxygen atoms in total. The molecule has 5 heterocycles. The molecule has 0 saturated carbocycles. The maximum Gasteiger partial charge on any atom is 0.234 e. The van der Waals surface area contributed by atoms with Crippen LogP contribution in [0.15, 0.2) is 206 Å². The van der Waals surface area contributed by atoms with Crippen LogP contribution in [0.25, 0.3) is 99.5 Å². The smallest absolute Gasteiger partial charge is 0.234 e. The van der Waals surface area contributed by atoms with Gasteiger partial charge in [0.25, 0.3) is 0 Å². The van der Waals surface area contributed by atoms with Crippen LogP contribution in [-0.2, 0) is 0 Å². The fourth-order valence-electron chi connectivity index (χ4n) is 10.7. The molecular formula is C57H36N6. The van der Waals surface area contributed by atoms with Gasteiger partial charge in [0.15, 0.2) is 11.6 Å². The van der Waals surface area contributed by atoms with Crippen LogP contribution in [0.4, 0.5) is 11.6 Å². The first-order valence-corrected chi connectivity index (χ1v) is 21.6. The second-order valence-electron chi connectivity index (χ2n) is 16.8. The van der Waals surface area contributed by atoms with Crippen molar-refractivity contribution in [3.8, 4) is 39.6 Å². The van der Waals surface area contributed by atoms with Gasteiger partial charge in [0.1, 0.15) is 0 Å². The first-order chi connectivity index (χ1) is 31.3. The minimum atomic E-state index is -0.0313. The van der Waals surface area contributed by atoms with Gasteiger partial charge in [-0.25, -0.2) is 4.98 Å². The molecule has 2 atom stereocenters. The number of fused-ring (bicyclic) bond motifs is 13. The number of para-hydroxylation sites is 3. The van der Waals surface area contributed by atoms with E-state index < -0.39 is 0 Å². The highest BCUT2D eigenvalue weighted by atomic mass is 15.3. The van der Waals surface area contributed by atoms with Gasteiger partial charge in [0, 0.05) is 55.0 Å². The normalized spacial score (nSPS) is 15.8. The molecule has 2 aliphatic rings. The molecule has 2 unspecified atom stereocenters. The van der Waals surface area contributed by atoms with Crippen molar-refractivity contribution < 1.29 is 0 Å². The van der Waals surface area contributed by atoms with E-state index in [1.807, 2.05) is 36.4 Å². The third kappa shape index (κ3) is 4.91. The number of rotatable bonds is 5. The lowest BCUT2D eigenvalue weighted by molar-refractivity contribution is 0.728. The summed E-state index contributed by atoms with van der Waals surface area (Å²) < 4.78 is 4.91. The van der Waals surface area contributed by atoms with Gasteiger partial charge in [-0.05, 0) is 53.1 Å². The molecule has 12 aromatic rings. The SMILES string of the molecule is C1=CC2c3ccc4c5ccccc5n(-c5cccc(-c6ccc7c(c6)c6cccc8c9ccccc9n7c86)c5)c4c3N(c3nc(-c4ccccc4)nc(-c4ccccc4)n3)C2C=C1. The Kier molecular flexibility index (Phi) is 7.13. The summed E-state index contributed by atoms with van der Waals surface area (Å²) in [6.07, 6.45) is 8.96. The van der Waals surface area contributed by atoms with Crippen LogP contribution in [-0.4, -0.2) is 30.0 Å². The van der Waals surface area contributed by atoms with Gasteiger partial charge >= 0.3 is 0 Å².